The number of anilines is 1. The molecule has 6 nitrogen and oxygen atoms in total. The van der Waals surface area contributed by atoms with Crippen molar-refractivity contribution in [1.82, 2.24) is 15.1 Å². The Balaban J connectivity index is 1.28. The van der Waals surface area contributed by atoms with Gasteiger partial charge in [-0.05, 0) is 29.7 Å². The van der Waals surface area contributed by atoms with E-state index in [2.05, 4.69) is 15.5 Å². The molecule has 1 saturated heterocycles. The summed E-state index contributed by atoms with van der Waals surface area (Å²) in [5.41, 5.74) is 2.01. The molecule has 0 spiro atoms. The van der Waals surface area contributed by atoms with Crippen molar-refractivity contribution in [3.63, 3.8) is 0 Å². The van der Waals surface area contributed by atoms with Crippen molar-refractivity contribution in [3.8, 4) is 0 Å². The standard InChI is InChI=1S/C22H20Cl2N4O2S2/c23-17-7-4-8-18(24)16(17)13-31-22-27-26-21(32-22)25-20(30)15-11-19(29)28(12-15)10-9-14-5-2-1-3-6-14/h1-8,15H,9-13H2,(H,25,26,30). The molecular formula is C22H20Cl2N4O2S2. The Morgan fingerprint density at radius 2 is 1.88 bits per heavy atom. The summed E-state index contributed by atoms with van der Waals surface area (Å²) in [6.45, 7) is 1.03. The topological polar surface area (TPSA) is 75.2 Å². The van der Waals surface area contributed by atoms with Crippen LogP contribution < -0.4 is 5.32 Å². The number of amides is 2. The van der Waals surface area contributed by atoms with Crippen LogP contribution in [0, 0.1) is 5.92 Å². The Labute approximate surface area is 204 Å². The number of likely N-dealkylation sites (tertiary alicyclic amines) is 1. The molecule has 1 aliphatic rings. The Morgan fingerprint density at radius 3 is 2.62 bits per heavy atom. The van der Waals surface area contributed by atoms with Crippen LogP contribution in [0.1, 0.15) is 17.5 Å². The highest BCUT2D eigenvalue weighted by Crippen LogP contribution is 2.34. The fourth-order valence-corrected chi connectivity index (χ4v) is 5.90. The number of carbonyl (C=O) groups is 2. The molecule has 166 valence electrons. The number of halogens is 2. The van der Waals surface area contributed by atoms with Gasteiger partial charge in [0.25, 0.3) is 0 Å². The second-order valence-electron chi connectivity index (χ2n) is 7.33. The number of nitrogens with zero attached hydrogens (tertiary/aromatic N) is 3. The first kappa shape index (κ1) is 23.0. The van der Waals surface area contributed by atoms with Crippen LogP contribution in [0.4, 0.5) is 5.13 Å². The summed E-state index contributed by atoms with van der Waals surface area (Å²) in [5, 5.41) is 12.6. The highest BCUT2D eigenvalue weighted by atomic mass is 35.5. The Kier molecular flexibility index (Phi) is 7.67. The zero-order chi connectivity index (χ0) is 22.5. The molecule has 4 rings (SSSR count). The molecule has 3 aromatic rings. The van der Waals surface area contributed by atoms with Gasteiger partial charge >= 0.3 is 0 Å². The zero-order valence-corrected chi connectivity index (χ0v) is 20.1. The van der Waals surface area contributed by atoms with Crippen LogP contribution in [-0.2, 0) is 21.8 Å². The van der Waals surface area contributed by atoms with Crippen LogP contribution in [0.15, 0.2) is 52.9 Å². The molecule has 1 N–H and O–H groups in total. The average molecular weight is 507 g/mol. The van der Waals surface area contributed by atoms with Crippen LogP contribution in [0.25, 0.3) is 0 Å². The molecule has 2 heterocycles. The minimum absolute atomic E-state index is 0.00575. The number of rotatable bonds is 8. The maximum Gasteiger partial charge on any atom is 0.231 e. The number of thioether (sulfide) groups is 1. The van der Waals surface area contributed by atoms with E-state index in [1.807, 2.05) is 30.3 Å². The SMILES string of the molecule is O=C(Nc1nnc(SCc2c(Cl)cccc2Cl)s1)C1CC(=O)N(CCc2ccccc2)C1. The molecule has 1 aliphatic heterocycles. The van der Waals surface area contributed by atoms with Crippen LogP contribution in [0.5, 0.6) is 0 Å². The quantitative estimate of drug-likeness (QED) is 0.337. The molecule has 0 aliphatic carbocycles. The fraction of sp³-hybridized carbons (Fsp3) is 0.273. The summed E-state index contributed by atoms with van der Waals surface area (Å²) in [7, 11) is 0. The number of hydrogen-bond donors (Lipinski definition) is 1. The van der Waals surface area contributed by atoms with Crippen LogP contribution in [0.2, 0.25) is 10.0 Å². The Hall–Kier alpha value is -2.13. The largest absolute Gasteiger partial charge is 0.342 e. The van der Waals surface area contributed by atoms with Crippen molar-refractivity contribution in [2.75, 3.05) is 18.4 Å². The first-order valence-corrected chi connectivity index (χ1v) is 12.6. The summed E-state index contributed by atoms with van der Waals surface area (Å²) >= 11 is 15.1. The third-order valence-electron chi connectivity index (χ3n) is 5.14. The maximum atomic E-state index is 12.7. The summed E-state index contributed by atoms with van der Waals surface area (Å²) in [6.07, 6.45) is 0.986. The van der Waals surface area contributed by atoms with Gasteiger partial charge in [0.2, 0.25) is 16.9 Å². The summed E-state index contributed by atoms with van der Waals surface area (Å²) in [4.78, 5) is 26.8. The van der Waals surface area contributed by atoms with E-state index in [9.17, 15) is 9.59 Å². The van der Waals surface area contributed by atoms with Gasteiger partial charge in [-0.3, -0.25) is 9.59 Å². The van der Waals surface area contributed by atoms with E-state index in [-0.39, 0.29) is 24.2 Å². The minimum Gasteiger partial charge on any atom is -0.342 e. The van der Waals surface area contributed by atoms with E-state index in [0.717, 1.165) is 12.0 Å². The van der Waals surface area contributed by atoms with Crippen molar-refractivity contribution >= 4 is 63.2 Å². The number of carbonyl (C=O) groups excluding carboxylic acids is 2. The molecule has 0 bridgehead atoms. The van der Waals surface area contributed by atoms with Crippen LogP contribution in [0.3, 0.4) is 0 Å². The summed E-state index contributed by atoms with van der Waals surface area (Å²) in [5.74, 6) is -0.0389. The minimum atomic E-state index is -0.389. The van der Waals surface area contributed by atoms with Gasteiger partial charge in [-0.2, -0.15) is 0 Å². The van der Waals surface area contributed by atoms with Crippen LogP contribution in [-0.4, -0.2) is 40.0 Å². The normalized spacial score (nSPS) is 15.9. The third kappa shape index (κ3) is 5.81. The molecule has 2 aromatic carbocycles. The first-order chi connectivity index (χ1) is 15.5. The molecule has 2 amide bonds. The lowest BCUT2D eigenvalue weighted by molar-refractivity contribution is -0.128. The molecule has 1 fully saturated rings. The number of hydrogen-bond acceptors (Lipinski definition) is 6. The average Bonchev–Trinajstić information content (AvgIpc) is 3.39. The van der Waals surface area contributed by atoms with E-state index < -0.39 is 0 Å². The van der Waals surface area contributed by atoms with Crippen molar-refractivity contribution in [2.45, 2.75) is 22.9 Å². The molecular weight excluding hydrogens is 487 g/mol. The van der Waals surface area contributed by atoms with Gasteiger partial charge in [0.1, 0.15) is 0 Å². The van der Waals surface area contributed by atoms with Crippen molar-refractivity contribution in [2.24, 2.45) is 5.92 Å². The van der Waals surface area contributed by atoms with E-state index >= 15 is 0 Å². The molecule has 1 atom stereocenters. The Morgan fingerprint density at radius 1 is 1.12 bits per heavy atom. The molecule has 0 radical (unpaired) electrons. The molecule has 1 aromatic heterocycles. The highest BCUT2D eigenvalue weighted by molar-refractivity contribution is 8.00. The predicted molar refractivity (Wildman–Crippen MR) is 129 cm³/mol. The van der Waals surface area contributed by atoms with Gasteiger partial charge in [-0.1, -0.05) is 82.7 Å². The summed E-state index contributed by atoms with van der Waals surface area (Å²) < 4.78 is 0.697. The monoisotopic (exact) mass is 506 g/mol. The zero-order valence-electron chi connectivity index (χ0n) is 17.0. The second-order valence-corrected chi connectivity index (χ2v) is 10.3. The van der Waals surface area contributed by atoms with Gasteiger partial charge in [0.15, 0.2) is 4.34 Å². The van der Waals surface area contributed by atoms with Gasteiger partial charge in [-0.15, -0.1) is 10.2 Å². The van der Waals surface area contributed by atoms with E-state index in [1.165, 1.54) is 28.7 Å². The lowest BCUT2D eigenvalue weighted by Crippen LogP contribution is -2.30. The molecule has 1 unspecified atom stereocenters. The van der Waals surface area contributed by atoms with Crippen molar-refractivity contribution in [1.29, 1.82) is 0 Å². The van der Waals surface area contributed by atoms with Gasteiger partial charge < -0.3 is 10.2 Å². The smallest absolute Gasteiger partial charge is 0.231 e. The predicted octanol–water partition coefficient (Wildman–Crippen LogP) is 5.17. The van der Waals surface area contributed by atoms with Crippen molar-refractivity contribution < 1.29 is 9.59 Å². The van der Waals surface area contributed by atoms with E-state index in [1.54, 1.807) is 23.1 Å². The van der Waals surface area contributed by atoms with E-state index in [4.69, 9.17) is 23.2 Å². The number of nitrogens with one attached hydrogen (secondary N) is 1. The van der Waals surface area contributed by atoms with E-state index in [0.29, 0.717) is 38.4 Å². The molecule has 32 heavy (non-hydrogen) atoms. The van der Waals surface area contributed by atoms with Gasteiger partial charge in [0.05, 0.1) is 5.92 Å². The van der Waals surface area contributed by atoms with Crippen molar-refractivity contribution in [3.05, 3.63) is 69.7 Å². The van der Waals surface area contributed by atoms with Gasteiger partial charge in [-0.25, -0.2) is 0 Å². The second kappa shape index (κ2) is 10.7. The van der Waals surface area contributed by atoms with Gasteiger partial charge in [0, 0.05) is 35.3 Å². The number of aromatic nitrogens is 2. The Bertz CT molecular complexity index is 1090. The third-order valence-corrected chi connectivity index (χ3v) is 7.84. The molecule has 10 heteroatoms. The summed E-state index contributed by atoms with van der Waals surface area (Å²) in [6, 6.07) is 15.4. The number of benzene rings is 2. The molecule has 0 saturated carbocycles. The van der Waals surface area contributed by atoms with Crippen LogP contribution >= 0.6 is 46.3 Å². The fourth-order valence-electron chi connectivity index (χ4n) is 3.40. The first-order valence-electron chi connectivity index (χ1n) is 10.0. The maximum absolute atomic E-state index is 12.7. The lowest BCUT2D eigenvalue weighted by Gasteiger charge is -2.16. The lowest BCUT2D eigenvalue weighted by atomic mass is 10.1. The highest BCUT2D eigenvalue weighted by Gasteiger charge is 2.34.